The number of hydrogen-bond donors (Lipinski definition) is 0. The van der Waals surface area contributed by atoms with Gasteiger partial charge in [0.1, 0.15) is 11.3 Å². The van der Waals surface area contributed by atoms with Gasteiger partial charge in [-0.1, -0.05) is 58.4 Å². The second kappa shape index (κ2) is 13.3. The lowest BCUT2D eigenvalue weighted by molar-refractivity contribution is -0.136. The molecule has 0 aliphatic carbocycles. The summed E-state index contributed by atoms with van der Waals surface area (Å²) in [5.41, 5.74) is 5.77. The summed E-state index contributed by atoms with van der Waals surface area (Å²) >= 11 is 5.57. The van der Waals surface area contributed by atoms with E-state index in [2.05, 4.69) is 73.1 Å². The van der Waals surface area contributed by atoms with Crippen molar-refractivity contribution in [3.05, 3.63) is 124 Å². The first-order valence-electron chi connectivity index (χ1n) is 16.5. The number of amides is 1. The molecule has 49 heavy (non-hydrogen) atoms. The molecule has 3 heterocycles. The van der Waals surface area contributed by atoms with Gasteiger partial charge in [0, 0.05) is 78.9 Å². The van der Waals surface area contributed by atoms with Crippen molar-refractivity contribution in [2.45, 2.75) is 24.0 Å². The molecule has 9 heteroatoms. The van der Waals surface area contributed by atoms with E-state index in [-0.39, 0.29) is 23.7 Å². The third-order valence-corrected chi connectivity index (χ3v) is 11.8. The zero-order valence-electron chi connectivity index (χ0n) is 28.5. The Balaban J connectivity index is 1.38. The molecule has 4 atom stereocenters. The van der Waals surface area contributed by atoms with E-state index in [1.807, 2.05) is 99.5 Å². The summed E-state index contributed by atoms with van der Waals surface area (Å²) in [7, 11) is 9.73. The van der Waals surface area contributed by atoms with Gasteiger partial charge in [-0.2, -0.15) is 0 Å². The lowest BCUT2D eigenvalue weighted by Crippen LogP contribution is -2.54. The van der Waals surface area contributed by atoms with E-state index in [0.717, 1.165) is 55.3 Å². The summed E-state index contributed by atoms with van der Waals surface area (Å²) in [6.45, 7) is 0.391. The minimum Gasteiger partial charge on any atom is -0.497 e. The zero-order valence-corrected chi connectivity index (χ0v) is 30.9. The molecule has 1 unspecified atom stereocenters. The molecular formula is C40H41BrN4O3S. The first-order chi connectivity index (χ1) is 23.6. The molecule has 0 bridgehead atoms. The van der Waals surface area contributed by atoms with Crippen LogP contribution in [0.15, 0.2) is 102 Å². The predicted octanol–water partition coefficient (Wildman–Crippen LogP) is 7.40. The highest BCUT2D eigenvalue weighted by atomic mass is 79.9. The average Bonchev–Trinajstić information content (AvgIpc) is 3.76. The minimum absolute atomic E-state index is 0.00801. The molecule has 2 saturated heterocycles. The van der Waals surface area contributed by atoms with Crippen LogP contribution in [-0.2, 0) is 21.7 Å². The van der Waals surface area contributed by atoms with Crippen molar-refractivity contribution in [3.8, 4) is 5.75 Å². The molecule has 3 aliphatic heterocycles. The Morgan fingerprint density at radius 1 is 0.939 bits per heavy atom. The van der Waals surface area contributed by atoms with E-state index >= 15 is 4.79 Å². The van der Waals surface area contributed by atoms with Gasteiger partial charge in [-0.15, -0.1) is 11.8 Å². The van der Waals surface area contributed by atoms with Gasteiger partial charge in [0.2, 0.25) is 0 Å². The molecule has 1 spiro atoms. The number of hydrogen-bond acceptors (Lipinski definition) is 7. The van der Waals surface area contributed by atoms with Gasteiger partial charge in [0.05, 0.1) is 19.6 Å². The molecule has 0 N–H and O–H groups in total. The second-order valence-electron chi connectivity index (χ2n) is 13.4. The van der Waals surface area contributed by atoms with Crippen LogP contribution in [-0.4, -0.2) is 69.6 Å². The molecular weight excluding hydrogens is 696 g/mol. The number of rotatable bonds is 9. The molecule has 0 radical (unpaired) electrons. The topological polar surface area (TPSA) is 56.3 Å². The number of carbonyl (C=O) groups is 2. The van der Waals surface area contributed by atoms with E-state index in [9.17, 15) is 4.79 Å². The van der Waals surface area contributed by atoms with E-state index in [0.29, 0.717) is 12.4 Å². The van der Waals surface area contributed by atoms with Crippen LogP contribution in [0.3, 0.4) is 0 Å². The van der Waals surface area contributed by atoms with Gasteiger partial charge in [0.25, 0.3) is 5.91 Å². The molecule has 3 aliphatic rings. The highest BCUT2D eigenvalue weighted by Gasteiger charge is 2.70. The van der Waals surface area contributed by atoms with Crippen molar-refractivity contribution in [1.29, 1.82) is 0 Å². The maximum absolute atomic E-state index is 15.4. The number of fused-ring (bicyclic) bond motifs is 4. The minimum atomic E-state index is -1.17. The van der Waals surface area contributed by atoms with Gasteiger partial charge in [-0.25, -0.2) is 0 Å². The Kier molecular flexibility index (Phi) is 9.11. The first kappa shape index (κ1) is 33.4. The summed E-state index contributed by atoms with van der Waals surface area (Å²) in [6.07, 6.45) is 3.61. The smallest absolute Gasteiger partial charge is 0.253 e. The fraction of sp³-hybridized carbons (Fsp3) is 0.300. The number of allylic oxidation sites excluding steroid dienone is 1. The lowest BCUT2D eigenvalue weighted by Gasteiger charge is -2.37. The Hall–Kier alpha value is -4.05. The molecule has 4 aromatic carbocycles. The van der Waals surface area contributed by atoms with Crippen molar-refractivity contribution in [1.82, 2.24) is 4.90 Å². The largest absolute Gasteiger partial charge is 0.497 e. The maximum Gasteiger partial charge on any atom is 0.253 e. The molecule has 0 saturated carbocycles. The number of nitrogens with zero attached hydrogens (tertiary/aromatic N) is 4. The van der Waals surface area contributed by atoms with Crippen molar-refractivity contribution in [2.75, 3.05) is 61.6 Å². The Morgan fingerprint density at radius 3 is 2.22 bits per heavy atom. The number of halogens is 1. The summed E-state index contributed by atoms with van der Waals surface area (Å²) in [6, 6.07) is 30.6. The highest BCUT2D eigenvalue weighted by molar-refractivity contribution is 9.10. The van der Waals surface area contributed by atoms with Crippen LogP contribution in [0.1, 0.15) is 28.2 Å². The Morgan fingerprint density at radius 2 is 1.59 bits per heavy atom. The molecule has 7 nitrogen and oxygen atoms in total. The fourth-order valence-electron chi connectivity index (χ4n) is 7.86. The van der Waals surface area contributed by atoms with Crippen LogP contribution in [0.25, 0.3) is 6.08 Å². The molecule has 4 aromatic rings. The summed E-state index contributed by atoms with van der Waals surface area (Å²) < 4.78 is 6.28. The van der Waals surface area contributed by atoms with Crippen LogP contribution in [0.2, 0.25) is 0 Å². The monoisotopic (exact) mass is 736 g/mol. The zero-order chi connectivity index (χ0) is 34.4. The molecule has 0 aromatic heterocycles. The second-order valence-corrected chi connectivity index (χ2v) is 15.3. The number of ketones is 1. The standard InChI is InChI=1S/C40H41BrN4O3S/c1-42(2)30-14-6-26(7-15-30)10-21-36(46)38-37(28-11-16-31(17-12-28)43(3)4)35-24-49-25-45(35)40(38)33-22-29(41)13-20-34(33)44(39(40)47)23-27-8-18-32(48-5)19-9-27/h6-22,35,37-38H,23-25H2,1-5H3/b21-10+/t35-,37-,38+,40?/m0/s1. The van der Waals surface area contributed by atoms with Crippen molar-refractivity contribution in [2.24, 2.45) is 5.92 Å². The van der Waals surface area contributed by atoms with Crippen molar-refractivity contribution < 1.29 is 14.3 Å². The van der Waals surface area contributed by atoms with Gasteiger partial charge in [-0.05, 0) is 77.4 Å². The number of anilines is 3. The van der Waals surface area contributed by atoms with E-state index in [1.54, 1.807) is 13.2 Å². The Bertz CT molecular complexity index is 1890. The number of benzene rings is 4. The molecule has 7 rings (SSSR count). The summed E-state index contributed by atoms with van der Waals surface area (Å²) in [5.74, 6) is 1.38. The Labute approximate surface area is 301 Å². The van der Waals surface area contributed by atoms with E-state index in [1.165, 1.54) is 0 Å². The SMILES string of the molecule is COc1ccc(CN2C(=O)C3(c4cc(Br)ccc42)[C@H](C(=O)/C=C/c2ccc(N(C)C)cc2)[C@@H](c2ccc(N(C)C)cc2)[C@@H]2CSCN23)cc1. The van der Waals surface area contributed by atoms with Gasteiger partial charge in [0.15, 0.2) is 5.78 Å². The van der Waals surface area contributed by atoms with Crippen LogP contribution >= 0.6 is 27.7 Å². The quantitative estimate of drug-likeness (QED) is 0.166. The summed E-state index contributed by atoms with van der Waals surface area (Å²) in [4.78, 5) is 38.8. The van der Waals surface area contributed by atoms with Crippen LogP contribution in [0, 0.1) is 5.92 Å². The summed E-state index contributed by atoms with van der Waals surface area (Å²) in [5, 5.41) is 0. The predicted molar refractivity (Wildman–Crippen MR) is 205 cm³/mol. The molecule has 252 valence electrons. The fourth-order valence-corrected chi connectivity index (χ4v) is 9.55. The van der Waals surface area contributed by atoms with Gasteiger partial charge < -0.3 is 19.4 Å². The van der Waals surface area contributed by atoms with Crippen LogP contribution in [0.4, 0.5) is 17.1 Å². The van der Waals surface area contributed by atoms with Gasteiger partial charge in [-0.3, -0.25) is 14.5 Å². The number of carbonyl (C=O) groups excluding carboxylic acids is 2. The molecule has 2 fully saturated rings. The van der Waals surface area contributed by atoms with Crippen LogP contribution in [0.5, 0.6) is 5.75 Å². The van der Waals surface area contributed by atoms with E-state index < -0.39 is 11.5 Å². The highest BCUT2D eigenvalue weighted by Crippen LogP contribution is 2.62. The number of methoxy groups -OCH3 is 1. The normalized spacial score (nSPS) is 22.9. The lowest BCUT2D eigenvalue weighted by atomic mass is 9.70. The van der Waals surface area contributed by atoms with Gasteiger partial charge >= 0.3 is 0 Å². The number of ether oxygens (including phenoxy) is 1. The maximum atomic E-state index is 15.4. The third kappa shape index (κ3) is 5.75. The number of thioether (sulfide) groups is 1. The third-order valence-electron chi connectivity index (χ3n) is 10.3. The van der Waals surface area contributed by atoms with Crippen molar-refractivity contribution >= 4 is 62.5 Å². The van der Waals surface area contributed by atoms with E-state index in [4.69, 9.17) is 4.74 Å². The van der Waals surface area contributed by atoms with Crippen molar-refractivity contribution in [3.63, 3.8) is 0 Å². The average molecular weight is 738 g/mol. The molecule has 1 amide bonds. The first-order valence-corrected chi connectivity index (χ1v) is 18.4. The van der Waals surface area contributed by atoms with Crippen LogP contribution < -0.4 is 19.4 Å².